The van der Waals surface area contributed by atoms with Crippen molar-refractivity contribution in [2.45, 2.75) is 20.4 Å². The molecule has 2 rings (SSSR count). The number of thiophene rings is 1. The van der Waals surface area contributed by atoms with Gasteiger partial charge in [0.15, 0.2) is 0 Å². The minimum Gasteiger partial charge on any atom is -0.337 e. The number of benzene rings is 1. The number of amides is 1. The average molecular weight is 304 g/mol. The van der Waals surface area contributed by atoms with E-state index in [0.717, 1.165) is 4.88 Å². The second-order valence-electron chi connectivity index (χ2n) is 4.95. The maximum absolute atomic E-state index is 12.4. The zero-order valence-corrected chi connectivity index (χ0v) is 12.9. The van der Waals surface area contributed by atoms with Gasteiger partial charge in [-0.1, -0.05) is 0 Å². The fraction of sp³-hybridized carbons (Fsp3) is 0.267. The quantitative estimate of drug-likeness (QED) is 0.641. The summed E-state index contributed by atoms with van der Waals surface area (Å²) in [6.07, 6.45) is 0. The van der Waals surface area contributed by atoms with Crippen LogP contribution in [0, 0.1) is 24.0 Å². The van der Waals surface area contributed by atoms with Crippen LogP contribution in [0.2, 0.25) is 0 Å². The van der Waals surface area contributed by atoms with E-state index in [-0.39, 0.29) is 11.6 Å². The standard InChI is InChI=1S/C15H16N2O3S/c1-10-6-7-21-14(10)9-16(3)15(18)12-4-5-13(17(19)20)11(2)8-12/h4-8H,9H2,1-3H3. The summed E-state index contributed by atoms with van der Waals surface area (Å²) in [6, 6.07) is 6.48. The van der Waals surface area contributed by atoms with Crippen LogP contribution in [0.4, 0.5) is 5.69 Å². The van der Waals surface area contributed by atoms with Crippen molar-refractivity contribution in [2.24, 2.45) is 0 Å². The number of carbonyl (C=O) groups is 1. The Hall–Kier alpha value is -2.21. The van der Waals surface area contributed by atoms with E-state index in [9.17, 15) is 14.9 Å². The van der Waals surface area contributed by atoms with Crippen molar-refractivity contribution in [3.05, 3.63) is 61.3 Å². The van der Waals surface area contributed by atoms with E-state index >= 15 is 0 Å². The van der Waals surface area contributed by atoms with Crippen LogP contribution in [-0.2, 0) is 6.54 Å². The Morgan fingerprint density at radius 3 is 2.52 bits per heavy atom. The lowest BCUT2D eigenvalue weighted by Gasteiger charge is -2.17. The molecule has 110 valence electrons. The average Bonchev–Trinajstić information content (AvgIpc) is 2.82. The minimum atomic E-state index is -0.442. The summed E-state index contributed by atoms with van der Waals surface area (Å²) in [6.45, 7) is 4.19. The van der Waals surface area contributed by atoms with Gasteiger partial charge >= 0.3 is 0 Å². The summed E-state index contributed by atoms with van der Waals surface area (Å²) in [5.41, 5.74) is 2.16. The molecule has 1 aromatic carbocycles. The molecule has 0 aliphatic heterocycles. The molecule has 0 radical (unpaired) electrons. The molecule has 21 heavy (non-hydrogen) atoms. The van der Waals surface area contributed by atoms with E-state index < -0.39 is 4.92 Å². The lowest BCUT2D eigenvalue weighted by molar-refractivity contribution is -0.385. The molecule has 6 heteroatoms. The van der Waals surface area contributed by atoms with Crippen LogP contribution in [0.5, 0.6) is 0 Å². The van der Waals surface area contributed by atoms with Crippen LogP contribution in [0.1, 0.15) is 26.4 Å². The van der Waals surface area contributed by atoms with Crippen molar-refractivity contribution in [1.29, 1.82) is 0 Å². The normalized spacial score (nSPS) is 10.4. The minimum absolute atomic E-state index is 0.0308. The summed E-state index contributed by atoms with van der Waals surface area (Å²) >= 11 is 1.62. The lowest BCUT2D eigenvalue weighted by Crippen LogP contribution is -2.26. The number of hydrogen-bond acceptors (Lipinski definition) is 4. The number of nitro groups is 1. The molecular formula is C15H16N2O3S. The monoisotopic (exact) mass is 304 g/mol. The third kappa shape index (κ3) is 3.28. The first-order valence-corrected chi connectivity index (χ1v) is 7.31. The molecule has 1 aromatic heterocycles. The van der Waals surface area contributed by atoms with Gasteiger partial charge in [-0.3, -0.25) is 14.9 Å². The first-order chi connectivity index (χ1) is 9.90. The number of carbonyl (C=O) groups excluding carboxylic acids is 1. The van der Waals surface area contributed by atoms with Crippen LogP contribution < -0.4 is 0 Å². The summed E-state index contributed by atoms with van der Waals surface area (Å²) in [7, 11) is 1.73. The van der Waals surface area contributed by atoms with Gasteiger partial charge in [-0.25, -0.2) is 0 Å². The third-order valence-corrected chi connectivity index (χ3v) is 4.34. The second-order valence-corrected chi connectivity index (χ2v) is 5.95. The third-order valence-electron chi connectivity index (χ3n) is 3.34. The van der Waals surface area contributed by atoms with Crippen LogP contribution >= 0.6 is 11.3 Å². The maximum Gasteiger partial charge on any atom is 0.272 e. The Kier molecular flexibility index (Phi) is 4.37. The number of nitro benzene ring substituents is 1. The van der Waals surface area contributed by atoms with Crippen molar-refractivity contribution in [3.8, 4) is 0 Å². The Morgan fingerprint density at radius 2 is 2.00 bits per heavy atom. The Morgan fingerprint density at radius 1 is 1.29 bits per heavy atom. The molecule has 0 aliphatic rings. The molecule has 1 heterocycles. The zero-order chi connectivity index (χ0) is 15.6. The highest BCUT2D eigenvalue weighted by Crippen LogP contribution is 2.21. The van der Waals surface area contributed by atoms with E-state index in [0.29, 0.717) is 17.7 Å². The first kappa shape index (κ1) is 15.2. The molecule has 0 fully saturated rings. The summed E-state index contributed by atoms with van der Waals surface area (Å²) in [5.74, 6) is -0.138. The highest BCUT2D eigenvalue weighted by Gasteiger charge is 2.17. The highest BCUT2D eigenvalue weighted by atomic mass is 32.1. The van der Waals surface area contributed by atoms with Gasteiger partial charge in [-0.15, -0.1) is 11.3 Å². The number of hydrogen-bond donors (Lipinski definition) is 0. The van der Waals surface area contributed by atoms with Gasteiger partial charge in [0.2, 0.25) is 0 Å². The van der Waals surface area contributed by atoms with E-state index in [1.54, 1.807) is 36.3 Å². The van der Waals surface area contributed by atoms with Crippen LogP contribution in [0.3, 0.4) is 0 Å². The molecular weight excluding hydrogens is 288 g/mol. The lowest BCUT2D eigenvalue weighted by atomic mass is 10.1. The highest BCUT2D eigenvalue weighted by molar-refractivity contribution is 7.10. The fourth-order valence-corrected chi connectivity index (χ4v) is 3.03. The predicted octanol–water partition coefficient (Wildman–Crippen LogP) is 3.55. The van der Waals surface area contributed by atoms with E-state index in [1.165, 1.54) is 17.7 Å². The predicted molar refractivity (Wildman–Crippen MR) is 82.7 cm³/mol. The largest absolute Gasteiger partial charge is 0.337 e. The van der Waals surface area contributed by atoms with Gasteiger partial charge in [0, 0.05) is 29.1 Å². The van der Waals surface area contributed by atoms with E-state index in [2.05, 4.69) is 0 Å². The van der Waals surface area contributed by atoms with Crippen LogP contribution in [0.25, 0.3) is 0 Å². The summed E-state index contributed by atoms with van der Waals surface area (Å²) < 4.78 is 0. The first-order valence-electron chi connectivity index (χ1n) is 6.43. The van der Waals surface area contributed by atoms with Crippen molar-refractivity contribution < 1.29 is 9.72 Å². The second kappa shape index (κ2) is 6.05. The topological polar surface area (TPSA) is 63.5 Å². The van der Waals surface area contributed by atoms with Gasteiger partial charge in [0.1, 0.15) is 0 Å². The van der Waals surface area contributed by atoms with Gasteiger partial charge in [0.05, 0.1) is 11.5 Å². The Bertz CT molecular complexity index is 694. The van der Waals surface area contributed by atoms with Gasteiger partial charge < -0.3 is 4.90 Å². The molecule has 0 atom stereocenters. The van der Waals surface area contributed by atoms with Gasteiger partial charge in [-0.05, 0) is 43.0 Å². The molecule has 0 N–H and O–H groups in total. The SMILES string of the molecule is Cc1cc(C(=O)N(C)Cc2sccc2C)ccc1[N+](=O)[O-]. The van der Waals surface area contributed by atoms with E-state index in [1.807, 2.05) is 18.4 Å². The fourth-order valence-electron chi connectivity index (χ4n) is 2.07. The molecule has 0 aliphatic carbocycles. The van der Waals surface area contributed by atoms with Crippen molar-refractivity contribution in [1.82, 2.24) is 4.90 Å². The van der Waals surface area contributed by atoms with Crippen molar-refractivity contribution in [3.63, 3.8) is 0 Å². The Balaban J connectivity index is 2.18. The zero-order valence-electron chi connectivity index (χ0n) is 12.1. The molecule has 2 aromatic rings. The molecule has 1 amide bonds. The number of aryl methyl sites for hydroxylation is 2. The van der Waals surface area contributed by atoms with Crippen molar-refractivity contribution >= 4 is 22.9 Å². The van der Waals surface area contributed by atoms with Gasteiger partial charge in [0.25, 0.3) is 11.6 Å². The van der Waals surface area contributed by atoms with Gasteiger partial charge in [-0.2, -0.15) is 0 Å². The number of rotatable bonds is 4. The number of nitrogens with zero attached hydrogens (tertiary/aromatic N) is 2. The molecule has 0 saturated carbocycles. The summed E-state index contributed by atoms with van der Waals surface area (Å²) in [5, 5.41) is 12.8. The van der Waals surface area contributed by atoms with Crippen molar-refractivity contribution in [2.75, 3.05) is 7.05 Å². The molecule has 5 nitrogen and oxygen atoms in total. The Labute approximate surface area is 127 Å². The van der Waals surface area contributed by atoms with E-state index in [4.69, 9.17) is 0 Å². The molecule has 0 saturated heterocycles. The van der Waals surface area contributed by atoms with Crippen LogP contribution in [0.15, 0.2) is 29.6 Å². The summed E-state index contributed by atoms with van der Waals surface area (Å²) in [4.78, 5) is 25.5. The molecule has 0 unspecified atom stereocenters. The molecule has 0 spiro atoms. The van der Waals surface area contributed by atoms with Crippen LogP contribution in [-0.4, -0.2) is 22.8 Å². The maximum atomic E-state index is 12.4. The smallest absolute Gasteiger partial charge is 0.272 e. The molecule has 0 bridgehead atoms.